The normalized spacial score (nSPS) is 11.4. The summed E-state index contributed by atoms with van der Waals surface area (Å²) in [6.45, 7) is -0.296. The van der Waals surface area contributed by atoms with Crippen molar-refractivity contribution in [2.75, 3.05) is 0 Å². The van der Waals surface area contributed by atoms with Gasteiger partial charge in [-0.15, -0.1) is 0 Å². The molecule has 1 heterocycles. The van der Waals surface area contributed by atoms with Gasteiger partial charge in [0.25, 0.3) is 11.5 Å². The first-order valence-corrected chi connectivity index (χ1v) is 5.95. The van der Waals surface area contributed by atoms with Crippen molar-refractivity contribution in [1.82, 2.24) is 4.57 Å². The number of halogens is 3. The first-order chi connectivity index (χ1) is 9.80. The predicted octanol–water partition coefficient (Wildman–Crippen LogP) is 2.01. The molecule has 21 heavy (non-hydrogen) atoms. The highest BCUT2D eigenvalue weighted by Crippen LogP contribution is 2.28. The summed E-state index contributed by atoms with van der Waals surface area (Å²) < 4.78 is 39.5. The van der Waals surface area contributed by atoms with Crippen molar-refractivity contribution in [3.8, 4) is 0 Å². The van der Waals surface area contributed by atoms with Gasteiger partial charge in [-0.2, -0.15) is 13.2 Å². The van der Waals surface area contributed by atoms with E-state index in [4.69, 9.17) is 5.73 Å². The molecule has 0 unspecified atom stereocenters. The standard InChI is InChI=1S/C14H11F3N2O2/c15-14(16,17)11-7-6-10(12(18)20)13(21)19(11)8-9-4-2-1-3-5-9/h1-7H,8H2,(H2,18,20). The Labute approximate surface area is 117 Å². The quantitative estimate of drug-likeness (QED) is 0.941. The molecule has 1 amide bonds. The first-order valence-electron chi connectivity index (χ1n) is 5.95. The largest absolute Gasteiger partial charge is 0.431 e. The second-order valence-corrected chi connectivity index (χ2v) is 4.37. The van der Waals surface area contributed by atoms with Gasteiger partial charge in [0, 0.05) is 0 Å². The molecule has 7 heteroatoms. The SMILES string of the molecule is NC(=O)c1ccc(C(F)(F)F)n(Cc2ccccc2)c1=O. The van der Waals surface area contributed by atoms with Crippen molar-refractivity contribution in [2.24, 2.45) is 5.73 Å². The van der Waals surface area contributed by atoms with Gasteiger partial charge in [0.1, 0.15) is 11.3 Å². The monoisotopic (exact) mass is 296 g/mol. The van der Waals surface area contributed by atoms with Crippen LogP contribution in [0.1, 0.15) is 21.6 Å². The van der Waals surface area contributed by atoms with E-state index in [1.54, 1.807) is 30.3 Å². The number of alkyl halides is 3. The van der Waals surface area contributed by atoms with Crippen LogP contribution in [0, 0.1) is 0 Å². The van der Waals surface area contributed by atoms with Gasteiger partial charge in [0.2, 0.25) is 0 Å². The summed E-state index contributed by atoms with van der Waals surface area (Å²) in [5.41, 5.74) is 2.86. The molecule has 1 aromatic heterocycles. The lowest BCUT2D eigenvalue weighted by Gasteiger charge is -2.16. The lowest BCUT2D eigenvalue weighted by Crippen LogP contribution is -2.34. The molecule has 4 nitrogen and oxygen atoms in total. The molecule has 0 spiro atoms. The van der Waals surface area contributed by atoms with Crippen LogP contribution < -0.4 is 11.3 Å². The maximum atomic E-state index is 13.0. The van der Waals surface area contributed by atoms with Crippen LogP contribution in [-0.4, -0.2) is 10.5 Å². The fourth-order valence-corrected chi connectivity index (χ4v) is 1.94. The van der Waals surface area contributed by atoms with Crippen molar-refractivity contribution < 1.29 is 18.0 Å². The summed E-state index contributed by atoms with van der Waals surface area (Å²) in [6.07, 6.45) is -4.70. The average Bonchev–Trinajstić information content (AvgIpc) is 2.40. The van der Waals surface area contributed by atoms with E-state index in [9.17, 15) is 22.8 Å². The van der Waals surface area contributed by atoms with E-state index in [2.05, 4.69) is 0 Å². The third-order valence-electron chi connectivity index (χ3n) is 2.91. The van der Waals surface area contributed by atoms with Gasteiger partial charge in [-0.25, -0.2) is 0 Å². The Morgan fingerprint density at radius 3 is 2.24 bits per heavy atom. The smallest absolute Gasteiger partial charge is 0.365 e. The molecular weight excluding hydrogens is 285 g/mol. The minimum Gasteiger partial charge on any atom is -0.365 e. The number of primary amides is 1. The average molecular weight is 296 g/mol. The number of carbonyl (C=O) groups is 1. The molecular formula is C14H11F3N2O2. The number of pyridine rings is 1. The number of rotatable bonds is 3. The van der Waals surface area contributed by atoms with Gasteiger partial charge >= 0.3 is 6.18 Å². The van der Waals surface area contributed by atoms with Crippen molar-refractivity contribution in [3.05, 3.63) is 69.6 Å². The second-order valence-electron chi connectivity index (χ2n) is 4.37. The van der Waals surface area contributed by atoms with E-state index in [0.717, 1.165) is 6.07 Å². The Kier molecular flexibility index (Phi) is 3.84. The van der Waals surface area contributed by atoms with E-state index in [0.29, 0.717) is 16.2 Å². The molecule has 0 bridgehead atoms. The Morgan fingerprint density at radius 2 is 1.71 bits per heavy atom. The molecule has 110 valence electrons. The molecule has 0 radical (unpaired) electrons. The molecule has 0 aliphatic heterocycles. The maximum Gasteiger partial charge on any atom is 0.431 e. The Balaban J connectivity index is 2.62. The zero-order valence-corrected chi connectivity index (χ0v) is 10.7. The van der Waals surface area contributed by atoms with Gasteiger partial charge < -0.3 is 5.73 Å². The van der Waals surface area contributed by atoms with Crippen LogP contribution >= 0.6 is 0 Å². The van der Waals surface area contributed by atoms with E-state index >= 15 is 0 Å². The molecule has 1 aromatic carbocycles. The Hall–Kier alpha value is -2.57. The lowest BCUT2D eigenvalue weighted by molar-refractivity contribution is -0.144. The molecule has 2 aromatic rings. The van der Waals surface area contributed by atoms with Crippen LogP contribution in [0.3, 0.4) is 0 Å². The number of benzene rings is 1. The fourth-order valence-electron chi connectivity index (χ4n) is 1.94. The predicted molar refractivity (Wildman–Crippen MR) is 69.8 cm³/mol. The third kappa shape index (κ3) is 3.13. The fraction of sp³-hybridized carbons (Fsp3) is 0.143. The molecule has 0 atom stereocenters. The minimum absolute atomic E-state index is 0.296. The molecule has 0 saturated carbocycles. The number of carbonyl (C=O) groups excluding carboxylic acids is 1. The number of hydrogen-bond donors (Lipinski definition) is 1. The minimum atomic E-state index is -4.70. The Bertz CT molecular complexity index is 721. The van der Waals surface area contributed by atoms with E-state index in [1.165, 1.54) is 0 Å². The summed E-state index contributed by atoms with van der Waals surface area (Å²) in [4.78, 5) is 23.2. The maximum absolute atomic E-state index is 13.0. The topological polar surface area (TPSA) is 65.1 Å². The summed E-state index contributed by atoms with van der Waals surface area (Å²) in [5.74, 6) is -1.06. The number of nitrogens with two attached hydrogens (primary N) is 1. The van der Waals surface area contributed by atoms with Crippen molar-refractivity contribution in [3.63, 3.8) is 0 Å². The zero-order chi connectivity index (χ0) is 15.6. The number of hydrogen-bond acceptors (Lipinski definition) is 2. The summed E-state index contributed by atoms with van der Waals surface area (Å²) in [5, 5.41) is 0. The van der Waals surface area contributed by atoms with E-state index in [1.807, 2.05) is 0 Å². The van der Waals surface area contributed by atoms with E-state index in [-0.39, 0.29) is 6.54 Å². The van der Waals surface area contributed by atoms with Gasteiger partial charge in [-0.05, 0) is 17.7 Å². The van der Waals surface area contributed by atoms with Gasteiger partial charge in [-0.1, -0.05) is 30.3 Å². The van der Waals surface area contributed by atoms with E-state index < -0.39 is 28.9 Å². The van der Waals surface area contributed by atoms with Gasteiger partial charge in [0.15, 0.2) is 0 Å². The van der Waals surface area contributed by atoms with Crippen LogP contribution in [0.5, 0.6) is 0 Å². The molecule has 0 saturated heterocycles. The van der Waals surface area contributed by atoms with Crippen molar-refractivity contribution in [2.45, 2.75) is 12.7 Å². The van der Waals surface area contributed by atoms with Crippen LogP contribution in [0.2, 0.25) is 0 Å². The summed E-state index contributed by atoms with van der Waals surface area (Å²) in [7, 11) is 0. The highest BCUT2D eigenvalue weighted by Gasteiger charge is 2.35. The van der Waals surface area contributed by atoms with Gasteiger partial charge in [0.05, 0.1) is 6.54 Å². The molecule has 0 aliphatic rings. The summed E-state index contributed by atoms with van der Waals surface area (Å²) >= 11 is 0. The van der Waals surface area contributed by atoms with Crippen LogP contribution in [0.25, 0.3) is 0 Å². The van der Waals surface area contributed by atoms with Gasteiger partial charge in [-0.3, -0.25) is 14.2 Å². The van der Waals surface area contributed by atoms with Crippen LogP contribution in [0.15, 0.2) is 47.3 Å². The number of amides is 1. The van der Waals surface area contributed by atoms with Crippen LogP contribution in [0.4, 0.5) is 13.2 Å². The number of aromatic nitrogens is 1. The van der Waals surface area contributed by atoms with Crippen LogP contribution in [-0.2, 0) is 12.7 Å². The van der Waals surface area contributed by atoms with Crippen molar-refractivity contribution >= 4 is 5.91 Å². The lowest BCUT2D eigenvalue weighted by atomic mass is 10.2. The molecule has 2 rings (SSSR count). The van der Waals surface area contributed by atoms with Crippen molar-refractivity contribution in [1.29, 1.82) is 0 Å². The second kappa shape index (κ2) is 5.43. The first kappa shape index (κ1) is 14.8. The highest BCUT2D eigenvalue weighted by molar-refractivity contribution is 5.92. The Morgan fingerprint density at radius 1 is 1.10 bits per heavy atom. The molecule has 0 aliphatic carbocycles. The molecule has 0 fully saturated rings. The highest BCUT2D eigenvalue weighted by atomic mass is 19.4. The summed E-state index contributed by atoms with van der Waals surface area (Å²) in [6, 6.07) is 9.65. The zero-order valence-electron chi connectivity index (χ0n) is 10.7. The third-order valence-corrected chi connectivity index (χ3v) is 2.91. The number of nitrogens with zero attached hydrogens (tertiary/aromatic N) is 1. The molecule has 2 N–H and O–H groups in total.